The van der Waals surface area contributed by atoms with E-state index in [9.17, 15) is 14.7 Å². The van der Waals surface area contributed by atoms with Crippen molar-refractivity contribution in [2.75, 3.05) is 35.5 Å². The highest BCUT2D eigenvalue weighted by Crippen LogP contribution is 2.34. The summed E-state index contributed by atoms with van der Waals surface area (Å²) >= 11 is 5.55. The second-order valence-corrected chi connectivity index (χ2v) is 21.4. The Balaban J connectivity index is 0.000000154. The van der Waals surface area contributed by atoms with Crippen LogP contribution < -0.4 is 37.1 Å². The van der Waals surface area contributed by atoms with Crippen molar-refractivity contribution in [3.05, 3.63) is 164 Å². The number of aryl methyl sites for hydroxylation is 3. The van der Waals surface area contributed by atoms with Gasteiger partial charge in [0.25, 0.3) is 0 Å². The molecular formula is C53H54N14O6S4. The number of phenols is 1. The van der Waals surface area contributed by atoms with Crippen LogP contribution in [-0.2, 0) is 18.9 Å². The molecule has 1 aliphatic rings. The average molecular weight is 1110 g/mol. The molecule has 0 saturated carbocycles. The summed E-state index contributed by atoms with van der Waals surface area (Å²) in [7, 11) is 0. The molecule has 396 valence electrons. The summed E-state index contributed by atoms with van der Waals surface area (Å²) in [5.41, 5.74) is 31.0. The van der Waals surface area contributed by atoms with E-state index in [-0.39, 0.29) is 46.7 Å². The molecule has 1 aliphatic heterocycles. The highest BCUT2D eigenvalue weighted by Gasteiger charge is 2.22. The normalized spacial score (nSPS) is 11.8. The molecule has 0 spiro atoms. The predicted molar refractivity (Wildman–Crippen MR) is 301 cm³/mol. The van der Waals surface area contributed by atoms with E-state index in [4.69, 9.17) is 37.1 Å². The van der Waals surface area contributed by atoms with Gasteiger partial charge in [-0.2, -0.15) is 4.68 Å². The van der Waals surface area contributed by atoms with Crippen LogP contribution in [0, 0.1) is 27.7 Å². The van der Waals surface area contributed by atoms with Crippen molar-refractivity contribution in [3.63, 3.8) is 0 Å². The number of nitrogens with zero attached hydrogens (tertiary/aromatic N) is 10. The summed E-state index contributed by atoms with van der Waals surface area (Å²) in [6, 6.07) is 32.8. The van der Waals surface area contributed by atoms with Gasteiger partial charge in [-0.25, -0.2) is 24.9 Å². The smallest absolute Gasteiger partial charge is 0.231 e. The number of phenolic OH excluding ortho intramolecular Hbond substituents is 1. The van der Waals surface area contributed by atoms with Gasteiger partial charge in [0.1, 0.15) is 46.4 Å². The van der Waals surface area contributed by atoms with E-state index in [0.29, 0.717) is 57.1 Å². The van der Waals surface area contributed by atoms with Crippen LogP contribution in [0.3, 0.4) is 0 Å². The Morgan fingerprint density at radius 2 is 1.38 bits per heavy atom. The van der Waals surface area contributed by atoms with E-state index < -0.39 is 0 Å². The molecule has 5 aromatic heterocycles. The van der Waals surface area contributed by atoms with Crippen LogP contribution in [-0.4, -0.2) is 84.2 Å². The zero-order chi connectivity index (χ0) is 54.6. The highest BCUT2D eigenvalue weighted by molar-refractivity contribution is 8.00. The molecule has 1 unspecified atom stereocenters. The fourth-order valence-corrected chi connectivity index (χ4v) is 10.6. The van der Waals surface area contributed by atoms with E-state index in [2.05, 4.69) is 45.0 Å². The maximum atomic E-state index is 12.8. The molecule has 10 rings (SSSR count). The Kier molecular flexibility index (Phi) is 18.3. The number of hydrogen-bond donors (Lipinski definition) is 5. The largest absolute Gasteiger partial charge is 0.508 e. The third-order valence-corrected chi connectivity index (χ3v) is 15.0. The fourth-order valence-electron chi connectivity index (χ4n) is 7.38. The molecule has 0 amide bonds. The maximum Gasteiger partial charge on any atom is 0.231 e. The van der Waals surface area contributed by atoms with E-state index in [1.165, 1.54) is 53.0 Å². The number of benzene rings is 4. The second kappa shape index (κ2) is 25.6. The van der Waals surface area contributed by atoms with Crippen molar-refractivity contribution in [2.45, 2.75) is 74.2 Å². The van der Waals surface area contributed by atoms with Gasteiger partial charge in [-0.3, -0.25) is 9.59 Å². The first-order chi connectivity index (χ1) is 37.0. The summed E-state index contributed by atoms with van der Waals surface area (Å²) in [5.74, 6) is 4.73. The third kappa shape index (κ3) is 15.2. The lowest BCUT2D eigenvalue weighted by Crippen LogP contribution is -2.14. The summed E-state index contributed by atoms with van der Waals surface area (Å²) in [4.78, 5) is 46.4. The molecule has 77 heavy (non-hydrogen) atoms. The first-order valence-corrected chi connectivity index (χ1v) is 27.4. The lowest BCUT2D eigenvalue weighted by Gasteiger charge is -2.10. The number of thiazole rings is 1. The number of ketones is 2. The van der Waals surface area contributed by atoms with Crippen LogP contribution in [0.1, 0.15) is 66.4 Å². The molecule has 20 nitrogen and oxygen atoms in total. The number of hydrogen-bond acceptors (Lipinski definition) is 22. The number of rotatable bonds is 17. The van der Waals surface area contributed by atoms with Gasteiger partial charge in [-0.15, -0.1) is 16.4 Å². The Hall–Kier alpha value is -8.19. The van der Waals surface area contributed by atoms with Crippen molar-refractivity contribution in [2.24, 2.45) is 0 Å². The molecule has 4 aromatic carbocycles. The van der Waals surface area contributed by atoms with Crippen LogP contribution in [0.15, 0.2) is 130 Å². The zero-order valence-corrected chi connectivity index (χ0v) is 45.8. The molecule has 24 heteroatoms. The van der Waals surface area contributed by atoms with Crippen LogP contribution >= 0.6 is 46.6 Å². The molecule has 0 radical (unpaired) electrons. The number of anilines is 4. The van der Waals surface area contributed by atoms with E-state index in [0.717, 1.165) is 56.2 Å². The number of aromatic nitrogens is 10. The van der Waals surface area contributed by atoms with E-state index in [1.54, 1.807) is 40.3 Å². The Morgan fingerprint density at radius 1 is 0.753 bits per heavy atom. The molecule has 0 saturated heterocycles. The fraction of sp³-hybridized carbons (Fsp3) is 0.208. The van der Waals surface area contributed by atoms with Crippen LogP contribution in [0.4, 0.5) is 23.3 Å². The van der Waals surface area contributed by atoms with Crippen LogP contribution in [0.5, 0.6) is 23.0 Å². The number of tetrazole rings is 1. The average Bonchev–Trinajstić information content (AvgIpc) is 4.24. The number of nitrogens with two attached hydrogens (primary N) is 4. The second-order valence-electron chi connectivity index (χ2n) is 17.3. The van der Waals surface area contributed by atoms with Gasteiger partial charge < -0.3 is 46.8 Å². The van der Waals surface area contributed by atoms with Gasteiger partial charge in [-0.05, 0) is 105 Å². The maximum absolute atomic E-state index is 12.8. The predicted octanol–water partition coefficient (Wildman–Crippen LogP) is 9.13. The standard InChI is InChI=1S/C20H21N5O3S.C17H16N4O2S.C16H17N5OS2/c1-11-5-14(15(26)9-29-20-23-18(21)7-19(22)24-20)12(2)25(11)8-13-3-4-16-17(6-13)28-10-27-16;1-11-3-5-13(6-4-11)16(23)12(2)24-17-18-19-20-21(17)14-7-9-15(22)10-8-14;1-10-2-4-12(5-3-10)22-7-15-19-11(8-23-15)9-24-16-20-13(17)6-14(18)21-16/h3-7H,8-10H2,1-2H3,(H4,21,22,23,24);3-10,12,22H,1-2H3;2-6,8H,7,9H2,1H3,(H4,17,18,20,21). The van der Waals surface area contributed by atoms with Crippen molar-refractivity contribution in [1.29, 1.82) is 0 Å². The SMILES string of the molecule is Cc1cc(C(=O)CSc2nc(N)cc(N)n2)c(C)n1Cc1ccc2c(c1)OCO2.Cc1ccc(C(=O)C(C)Sc2nnnn2-c2ccc(O)cc2)cc1.Cc1ccc(OCc2nc(CSc3nc(N)cc(N)n3)cs2)cc1. The molecule has 0 fully saturated rings. The number of carbonyl (C=O) groups excluding carboxylic acids is 2. The molecule has 1 atom stereocenters. The highest BCUT2D eigenvalue weighted by atomic mass is 32.2. The molecule has 0 aliphatic carbocycles. The quantitative estimate of drug-likeness (QED) is 0.0322. The molecule has 9 aromatic rings. The number of aromatic hydroxyl groups is 1. The lowest BCUT2D eigenvalue weighted by atomic mass is 10.1. The van der Waals surface area contributed by atoms with Crippen molar-refractivity contribution in [1.82, 2.24) is 49.7 Å². The number of fused-ring (bicyclic) bond motifs is 1. The Morgan fingerprint density at radius 3 is 2.04 bits per heavy atom. The van der Waals surface area contributed by atoms with Crippen molar-refractivity contribution in [3.8, 4) is 28.7 Å². The first kappa shape index (κ1) is 55.1. The minimum atomic E-state index is -0.324. The van der Waals surface area contributed by atoms with Gasteiger partial charge in [-0.1, -0.05) is 88.9 Å². The summed E-state index contributed by atoms with van der Waals surface area (Å²) in [5, 5.41) is 25.1. The molecular weight excluding hydrogens is 1060 g/mol. The summed E-state index contributed by atoms with van der Waals surface area (Å²) in [6.45, 7) is 11.2. The topological polar surface area (TPSA) is 299 Å². The van der Waals surface area contributed by atoms with Gasteiger partial charge in [0.15, 0.2) is 33.4 Å². The number of Topliss-reactive ketones (excluding diaryl/α,β-unsaturated/α-hetero) is 2. The molecule has 6 heterocycles. The zero-order valence-electron chi connectivity index (χ0n) is 42.5. The van der Waals surface area contributed by atoms with E-state index in [1.807, 2.05) is 113 Å². The minimum Gasteiger partial charge on any atom is -0.508 e. The summed E-state index contributed by atoms with van der Waals surface area (Å²) in [6.07, 6.45) is 0. The number of carbonyl (C=O) groups is 2. The Bertz CT molecular complexity index is 3440. The molecule has 9 N–H and O–H groups in total. The number of nitrogen functional groups attached to an aromatic ring is 4. The van der Waals surface area contributed by atoms with Gasteiger partial charge in [0.2, 0.25) is 11.9 Å². The van der Waals surface area contributed by atoms with Crippen LogP contribution in [0.2, 0.25) is 0 Å². The van der Waals surface area contributed by atoms with Crippen LogP contribution in [0.25, 0.3) is 5.69 Å². The van der Waals surface area contributed by atoms with Gasteiger partial charge in [0.05, 0.1) is 22.4 Å². The lowest BCUT2D eigenvalue weighted by molar-refractivity contribution is 0.0991. The number of ether oxygens (including phenoxy) is 3. The van der Waals surface area contributed by atoms with Crippen molar-refractivity contribution >= 4 is 81.5 Å². The third-order valence-electron chi connectivity index (χ3n) is 11.3. The van der Waals surface area contributed by atoms with Gasteiger partial charge >= 0.3 is 0 Å². The van der Waals surface area contributed by atoms with E-state index >= 15 is 0 Å². The first-order valence-electron chi connectivity index (χ1n) is 23.7. The monoisotopic (exact) mass is 1110 g/mol. The Labute approximate surface area is 460 Å². The van der Waals surface area contributed by atoms with Gasteiger partial charge in [0, 0.05) is 52.3 Å². The summed E-state index contributed by atoms with van der Waals surface area (Å²) < 4.78 is 20.2. The number of thioether (sulfide) groups is 3. The van der Waals surface area contributed by atoms with Crippen molar-refractivity contribution < 1.29 is 28.9 Å². The molecule has 0 bridgehead atoms. The minimum absolute atomic E-state index is 0.00429.